The van der Waals surface area contributed by atoms with Crippen LogP contribution in [0.5, 0.6) is 0 Å². The summed E-state index contributed by atoms with van der Waals surface area (Å²) < 4.78 is 27.4. The van der Waals surface area contributed by atoms with Crippen molar-refractivity contribution in [1.29, 1.82) is 0 Å². The number of benzene rings is 2. The van der Waals surface area contributed by atoms with Gasteiger partial charge in [0, 0.05) is 44.5 Å². The van der Waals surface area contributed by atoms with E-state index in [0.29, 0.717) is 24.7 Å². The van der Waals surface area contributed by atoms with Gasteiger partial charge < -0.3 is 15.1 Å². The summed E-state index contributed by atoms with van der Waals surface area (Å²) in [5, 5.41) is 14.7. The lowest BCUT2D eigenvalue weighted by Gasteiger charge is -2.19. The van der Waals surface area contributed by atoms with Crippen LogP contribution in [-0.4, -0.2) is 65.1 Å². The number of para-hydroxylation sites is 1. The molecule has 0 saturated carbocycles. The molecule has 0 aromatic heterocycles. The van der Waals surface area contributed by atoms with Crippen LogP contribution in [-0.2, 0) is 10.0 Å². The van der Waals surface area contributed by atoms with Gasteiger partial charge in [0.1, 0.15) is 5.69 Å². The van der Waals surface area contributed by atoms with Gasteiger partial charge in [0.2, 0.25) is 10.0 Å². The Hall–Kier alpha value is -2.69. The van der Waals surface area contributed by atoms with Gasteiger partial charge in [-0.15, -0.1) is 0 Å². The minimum Gasteiger partial charge on any atom is -0.379 e. The molecule has 1 saturated heterocycles. The second-order valence-electron chi connectivity index (χ2n) is 7.95. The molecule has 1 aliphatic heterocycles. The number of rotatable bonds is 10. The number of hydrogen-bond donors (Lipinski definition) is 2. The summed E-state index contributed by atoms with van der Waals surface area (Å²) >= 11 is 0. The number of sulfonamides is 1. The molecule has 0 bridgehead atoms. The Bertz CT molecular complexity index is 998. The highest BCUT2D eigenvalue weighted by atomic mass is 32.2. The third-order valence-corrected chi connectivity index (χ3v) is 6.77. The van der Waals surface area contributed by atoms with Crippen molar-refractivity contribution in [2.45, 2.75) is 11.3 Å². The minimum atomic E-state index is -3.81. The smallest absolute Gasteiger partial charge is 0.293 e. The van der Waals surface area contributed by atoms with E-state index in [0.717, 1.165) is 25.6 Å². The van der Waals surface area contributed by atoms with Gasteiger partial charge >= 0.3 is 0 Å². The van der Waals surface area contributed by atoms with Crippen molar-refractivity contribution < 1.29 is 13.3 Å². The van der Waals surface area contributed by atoms with Crippen LogP contribution >= 0.6 is 0 Å². The Morgan fingerprint density at radius 3 is 2.61 bits per heavy atom. The van der Waals surface area contributed by atoms with Crippen LogP contribution in [0.4, 0.5) is 17.1 Å². The first-order valence-corrected chi connectivity index (χ1v) is 11.7. The molecule has 1 unspecified atom stereocenters. The van der Waals surface area contributed by atoms with E-state index in [1.807, 2.05) is 37.2 Å². The monoisotopic (exact) mass is 447 g/mol. The summed E-state index contributed by atoms with van der Waals surface area (Å²) in [5.74, 6) is 0.343. The first-order valence-electron chi connectivity index (χ1n) is 10.2. The van der Waals surface area contributed by atoms with Crippen molar-refractivity contribution in [3.63, 3.8) is 0 Å². The zero-order valence-electron chi connectivity index (χ0n) is 17.8. The molecule has 1 aliphatic rings. The zero-order chi connectivity index (χ0) is 22.4. The summed E-state index contributed by atoms with van der Waals surface area (Å²) in [4.78, 5) is 15.1. The number of anilines is 2. The molecule has 0 aliphatic carbocycles. The van der Waals surface area contributed by atoms with E-state index in [-0.39, 0.29) is 17.1 Å². The highest BCUT2D eigenvalue weighted by Crippen LogP contribution is 2.29. The van der Waals surface area contributed by atoms with Gasteiger partial charge in [-0.25, -0.2) is 13.1 Å². The molecule has 2 aromatic rings. The molecule has 10 heteroatoms. The fourth-order valence-electron chi connectivity index (χ4n) is 3.59. The Kier molecular flexibility index (Phi) is 7.47. The summed E-state index contributed by atoms with van der Waals surface area (Å²) in [6.45, 7) is 3.14. The van der Waals surface area contributed by atoms with Crippen molar-refractivity contribution in [3.8, 4) is 0 Å². The van der Waals surface area contributed by atoms with Crippen LogP contribution < -0.4 is 14.9 Å². The van der Waals surface area contributed by atoms with E-state index in [4.69, 9.17) is 0 Å². The number of nitro groups is 1. The van der Waals surface area contributed by atoms with E-state index >= 15 is 0 Å². The fraction of sp³-hybridized carbons (Fsp3) is 0.429. The maximum Gasteiger partial charge on any atom is 0.293 e. The minimum absolute atomic E-state index is 0.111. The lowest BCUT2D eigenvalue weighted by molar-refractivity contribution is -0.384. The van der Waals surface area contributed by atoms with Crippen molar-refractivity contribution in [2.75, 3.05) is 57.0 Å². The van der Waals surface area contributed by atoms with Crippen molar-refractivity contribution >= 4 is 27.1 Å². The molecule has 0 radical (unpaired) electrons. The van der Waals surface area contributed by atoms with Crippen LogP contribution in [0.25, 0.3) is 0 Å². The molecule has 2 aromatic carbocycles. The second-order valence-corrected chi connectivity index (χ2v) is 9.72. The average Bonchev–Trinajstić information content (AvgIpc) is 3.21. The van der Waals surface area contributed by atoms with Gasteiger partial charge in [0.05, 0.1) is 9.82 Å². The number of nitro benzene ring substituents is 1. The van der Waals surface area contributed by atoms with Crippen LogP contribution in [0.2, 0.25) is 0 Å². The van der Waals surface area contributed by atoms with Crippen molar-refractivity contribution in [1.82, 2.24) is 9.62 Å². The summed E-state index contributed by atoms with van der Waals surface area (Å²) in [6, 6.07) is 14.1. The lowest BCUT2D eigenvalue weighted by atomic mass is 10.1. The first-order chi connectivity index (χ1) is 14.8. The molecule has 168 valence electrons. The second kappa shape index (κ2) is 10.1. The highest BCUT2D eigenvalue weighted by molar-refractivity contribution is 7.89. The van der Waals surface area contributed by atoms with Crippen LogP contribution in [0.15, 0.2) is 53.4 Å². The van der Waals surface area contributed by atoms with E-state index in [1.165, 1.54) is 17.8 Å². The third kappa shape index (κ3) is 6.16. The Morgan fingerprint density at radius 2 is 1.94 bits per heavy atom. The molecule has 3 rings (SSSR count). The van der Waals surface area contributed by atoms with Crippen molar-refractivity contribution in [2.24, 2.45) is 5.92 Å². The molecule has 31 heavy (non-hydrogen) atoms. The van der Waals surface area contributed by atoms with E-state index in [2.05, 4.69) is 27.1 Å². The van der Waals surface area contributed by atoms with Crippen LogP contribution in [0.3, 0.4) is 0 Å². The number of likely N-dealkylation sites (N-methyl/N-ethyl adjacent to an activating group) is 1. The summed E-state index contributed by atoms with van der Waals surface area (Å²) in [5.41, 5.74) is 1.26. The van der Waals surface area contributed by atoms with E-state index < -0.39 is 14.9 Å². The molecule has 0 amide bonds. The van der Waals surface area contributed by atoms with Crippen molar-refractivity contribution in [3.05, 3.63) is 58.6 Å². The zero-order valence-corrected chi connectivity index (χ0v) is 18.6. The topological polar surface area (TPSA) is 108 Å². The summed E-state index contributed by atoms with van der Waals surface area (Å²) in [6.07, 6.45) is 0.984. The lowest BCUT2D eigenvalue weighted by Crippen LogP contribution is -2.31. The van der Waals surface area contributed by atoms with Crippen LogP contribution in [0.1, 0.15) is 6.42 Å². The standard InChI is InChI=1S/C21H29N5O4S/c1-24(2)13-11-23-31(29,30)19-8-9-20(21(14-19)26(27)28)22-15-17-10-12-25(16-17)18-6-4-3-5-7-18/h3-9,14,17,22-23H,10-13,15-16H2,1-2H3. The third-order valence-electron chi connectivity index (χ3n) is 5.32. The van der Waals surface area contributed by atoms with Gasteiger partial charge in [-0.2, -0.15) is 0 Å². The molecule has 9 nitrogen and oxygen atoms in total. The Labute approximate surface area is 183 Å². The normalized spacial score (nSPS) is 16.6. The summed E-state index contributed by atoms with van der Waals surface area (Å²) in [7, 11) is -0.140. The predicted molar refractivity (Wildman–Crippen MR) is 122 cm³/mol. The highest BCUT2D eigenvalue weighted by Gasteiger charge is 2.25. The molecule has 2 N–H and O–H groups in total. The maximum atomic E-state index is 12.5. The van der Waals surface area contributed by atoms with E-state index in [1.54, 1.807) is 0 Å². The molecular formula is C21H29N5O4S. The van der Waals surface area contributed by atoms with Gasteiger partial charge in [-0.3, -0.25) is 10.1 Å². The van der Waals surface area contributed by atoms with Crippen LogP contribution in [0, 0.1) is 16.0 Å². The SMILES string of the molecule is CN(C)CCNS(=O)(=O)c1ccc(NCC2CCN(c3ccccc3)C2)c([N+](=O)[O-])c1. The Balaban J connectivity index is 1.64. The predicted octanol–water partition coefficient (Wildman–Crippen LogP) is 2.37. The molecule has 1 heterocycles. The number of nitrogens with zero attached hydrogens (tertiary/aromatic N) is 3. The molecule has 1 fully saturated rings. The Morgan fingerprint density at radius 1 is 1.19 bits per heavy atom. The number of nitrogens with one attached hydrogen (secondary N) is 2. The van der Waals surface area contributed by atoms with E-state index in [9.17, 15) is 18.5 Å². The fourth-order valence-corrected chi connectivity index (χ4v) is 4.63. The van der Waals surface area contributed by atoms with Gasteiger partial charge in [-0.05, 0) is 50.7 Å². The molecule has 0 spiro atoms. The van der Waals surface area contributed by atoms with Gasteiger partial charge in [-0.1, -0.05) is 18.2 Å². The van der Waals surface area contributed by atoms with Gasteiger partial charge in [0.15, 0.2) is 0 Å². The maximum absolute atomic E-state index is 12.5. The molecular weight excluding hydrogens is 418 g/mol. The molecule has 1 atom stereocenters. The van der Waals surface area contributed by atoms with Gasteiger partial charge in [0.25, 0.3) is 5.69 Å². The first kappa shape index (κ1) is 23.0. The largest absolute Gasteiger partial charge is 0.379 e. The number of hydrogen-bond acceptors (Lipinski definition) is 7. The average molecular weight is 448 g/mol. The quantitative estimate of drug-likeness (QED) is 0.425.